The molecule has 0 saturated carbocycles. The van der Waals surface area contributed by atoms with E-state index in [1.807, 2.05) is 43.8 Å². The topological polar surface area (TPSA) is 41.5 Å². The lowest BCUT2D eigenvalue weighted by Gasteiger charge is -2.14. The summed E-state index contributed by atoms with van der Waals surface area (Å²) in [6.07, 6.45) is 1.41. The number of thioether (sulfide) groups is 1. The molecular formula is C16H25NO2S. The molecule has 1 rings (SSSR count). The summed E-state index contributed by atoms with van der Waals surface area (Å²) in [5, 5.41) is 13.1. The van der Waals surface area contributed by atoms with Gasteiger partial charge in [-0.15, -0.1) is 6.58 Å². The van der Waals surface area contributed by atoms with Crippen molar-refractivity contribution in [1.29, 1.82) is 0 Å². The first-order valence-electron chi connectivity index (χ1n) is 6.90. The zero-order valence-electron chi connectivity index (χ0n) is 12.4. The third-order valence-corrected chi connectivity index (χ3v) is 3.64. The first kappa shape index (κ1) is 17.1. The smallest absolute Gasteiger partial charge is 0.119 e. The molecule has 0 spiro atoms. The maximum atomic E-state index is 9.84. The van der Waals surface area contributed by atoms with Gasteiger partial charge in [-0.2, -0.15) is 11.8 Å². The van der Waals surface area contributed by atoms with Crippen molar-refractivity contribution in [3.05, 3.63) is 42.0 Å². The highest BCUT2D eigenvalue weighted by atomic mass is 32.2. The van der Waals surface area contributed by atoms with Crippen molar-refractivity contribution < 1.29 is 9.84 Å². The molecule has 0 aliphatic heterocycles. The van der Waals surface area contributed by atoms with E-state index in [-0.39, 0.29) is 0 Å². The van der Waals surface area contributed by atoms with E-state index >= 15 is 0 Å². The summed E-state index contributed by atoms with van der Waals surface area (Å²) in [6.45, 7) is 9.51. The van der Waals surface area contributed by atoms with Gasteiger partial charge in [0.15, 0.2) is 0 Å². The maximum absolute atomic E-state index is 9.84. The second kappa shape index (κ2) is 9.86. The molecule has 1 unspecified atom stereocenters. The van der Waals surface area contributed by atoms with Gasteiger partial charge in [0.1, 0.15) is 18.5 Å². The minimum Gasteiger partial charge on any atom is -0.491 e. The van der Waals surface area contributed by atoms with Gasteiger partial charge in [0.2, 0.25) is 0 Å². The Hall–Kier alpha value is -0.970. The number of aliphatic hydroxyl groups excluding tert-OH is 1. The highest BCUT2D eigenvalue weighted by molar-refractivity contribution is 7.99. The summed E-state index contributed by atoms with van der Waals surface area (Å²) in [6, 6.07) is 6.07. The lowest BCUT2D eigenvalue weighted by Crippen LogP contribution is -2.32. The summed E-state index contributed by atoms with van der Waals surface area (Å²) in [7, 11) is 0. The fraction of sp³-hybridized carbons (Fsp3) is 0.500. The van der Waals surface area contributed by atoms with E-state index in [1.54, 1.807) is 0 Å². The van der Waals surface area contributed by atoms with Crippen LogP contribution in [0.5, 0.6) is 5.75 Å². The first-order valence-corrected chi connectivity index (χ1v) is 8.06. The van der Waals surface area contributed by atoms with Gasteiger partial charge < -0.3 is 15.2 Å². The Morgan fingerprint density at radius 2 is 2.05 bits per heavy atom. The van der Waals surface area contributed by atoms with Crippen LogP contribution in [0.4, 0.5) is 0 Å². The molecule has 1 aromatic rings. The Balaban J connectivity index is 2.16. The van der Waals surface area contributed by atoms with Gasteiger partial charge >= 0.3 is 0 Å². The highest BCUT2D eigenvalue weighted by Gasteiger charge is 2.05. The van der Waals surface area contributed by atoms with E-state index in [4.69, 9.17) is 4.74 Å². The van der Waals surface area contributed by atoms with Crippen LogP contribution >= 0.6 is 11.8 Å². The largest absolute Gasteiger partial charge is 0.491 e. The van der Waals surface area contributed by atoms with Gasteiger partial charge in [-0.1, -0.05) is 12.1 Å². The standard InChI is InChI=1S/C16H25NO2S/c1-4-6-20-7-5-17-11-15(18)12-19-16-9-13(2)8-14(3)10-16/h4,8-10,15,17-18H,1,5-7,11-12H2,2-3H3. The van der Waals surface area contributed by atoms with Gasteiger partial charge in [0.25, 0.3) is 0 Å². The van der Waals surface area contributed by atoms with Crippen molar-refractivity contribution in [1.82, 2.24) is 5.32 Å². The van der Waals surface area contributed by atoms with Crippen molar-refractivity contribution in [2.45, 2.75) is 20.0 Å². The van der Waals surface area contributed by atoms with Crippen LogP contribution in [0.15, 0.2) is 30.9 Å². The van der Waals surface area contributed by atoms with Crippen LogP contribution < -0.4 is 10.1 Å². The SMILES string of the molecule is C=CCSCCNCC(O)COc1cc(C)cc(C)c1. The summed E-state index contributed by atoms with van der Waals surface area (Å²) >= 11 is 1.82. The second-order valence-corrected chi connectivity index (χ2v) is 6.01. The van der Waals surface area contributed by atoms with E-state index in [1.165, 1.54) is 11.1 Å². The van der Waals surface area contributed by atoms with Crippen LogP contribution in [0.1, 0.15) is 11.1 Å². The number of aliphatic hydroxyl groups is 1. The Kier molecular flexibility index (Phi) is 8.42. The lowest BCUT2D eigenvalue weighted by molar-refractivity contribution is 0.107. The van der Waals surface area contributed by atoms with E-state index in [0.717, 1.165) is 23.8 Å². The zero-order chi connectivity index (χ0) is 14.8. The Morgan fingerprint density at radius 3 is 2.70 bits per heavy atom. The minimum atomic E-state index is -0.486. The number of hydrogen-bond donors (Lipinski definition) is 2. The number of nitrogens with one attached hydrogen (secondary N) is 1. The molecule has 0 heterocycles. The first-order chi connectivity index (χ1) is 9.61. The second-order valence-electron chi connectivity index (χ2n) is 4.86. The van der Waals surface area contributed by atoms with Crippen molar-refractivity contribution >= 4 is 11.8 Å². The van der Waals surface area contributed by atoms with Crippen molar-refractivity contribution in [3.8, 4) is 5.75 Å². The average Bonchev–Trinajstić information content (AvgIpc) is 2.39. The number of benzene rings is 1. The van der Waals surface area contributed by atoms with E-state index in [0.29, 0.717) is 13.2 Å². The summed E-state index contributed by atoms with van der Waals surface area (Å²) in [4.78, 5) is 0. The van der Waals surface area contributed by atoms with Gasteiger partial charge in [0.05, 0.1) is 0 Å². The highest BCUT2D eigenvalue weighted by Crippen LogP contribution is 2.16. The third kappa shape index (κ3) is 7.58. The Labute approximate surface area is 126 Å². The monoisotopic (exact) mass is 295 g/mol. The normalized spacial score (nSPS) is 12.2. The molecule has 0 radical (unpaired) electrons. The van der Waals surface area contributed by atoms with Crippen LogP contribution in [0, 0.1) is 13.8 Å². The van der Waals surface area contributed by atoms with Crippen LogP contribution in [0.2, 0.25) is 0 Å². The number of rotatable bonds is 10. The predicted molar refractivity (Wildman–Crippen MR) is 87.8 cm³/mol. The predicted octanol–water partition coefficient (Wildman–Crippen LogP) is 2.55. The quantitative estimate of drug-likeness (QED) is 0.514. The van der Waals surface area contributed by atoms with Crippen LogP contribution in [0.3, 0.4) is 0 Å². The summed E-state index contributed by atoms with van der Waals surface area (Å²) in [5.41, 5.74) is 2.35. The minimum absolute atomic E-state index is 0.315. The summed E-state index contributed by atoms with van der Waals surface area (Å²) < 4.78 is 5.62. The molecule has 0 aliphatic rings. The fourth-order valence-corrected chi connectivity index (χ4v) is 2.47. The lowest BCUT2D eigenvalue weighted by atomic mass is 10.1. The molecule has 1 aromatic carbocycles. The molecule has 2 N–H and O–H groups in total. The van der Waals surface area contributed by atoms with Crippen LogP contribution in [-0.4, -0.2) is 42.4 Å². The average molecular weight is 295 g/mol. The zero-order valence-corrected chi connectivity index (χ0v) is 13.2. The fourth-order valence-electron chi connectivity index (χ4n) is 1.85. The molecule has 112 valence electrons. The molecule has 3 nitrogen and oxygen atoms in total. The molecule has 0 saturated heterocycles. The van der Waals surface area contributed by atoms with E-state index < -0.39 is 6.10 Å². The van der Waals surface area contributed by atoms with Crippen LogP contribution in [-0.2, 0) is 0 Å². The van der Waals surface area contributed by atoms with Crippen molar-refractivity contribution in [2.75, 3.05) is 31.2 Å². The number of hydrogen-bond acceptors (Lipinski definition) is 4. The van der Waals surface area contributed by atoms with E-state index in [9.17, 15) is 5.11 Å². The molecule has 0 fully saturated rings. The van der Waals surface area contributed by atoms with Crippen molar-refractivity contribution in [2.24, 2.45) is 0 Å². The molecule has 0 bridgehead atoms. The van der Waals surface area contributed by atoms with Gasteiger partial charge in [-0.3, -0.25) is 0 Å². The Morgan fingerprint density at radius 1 is 1.35 bits per heavy atom. The van der Waals surface area contributed by atoms with Gasteiger partial charge in [-0.25, -0.2) is 0 Å². The number of ether oxygens (including phenoxy) is 1. The third-order valence-electron chi connectivity index (χ3n) is 2.68. The van der Waals surface area contributed by atoms with Crippen LogP contribution in [0.25, 0.3) is 0 Å². The molecular weight excluding hydrogens is 270 g/mol. The summed E-state index contributed by atoms with van der Waals surface area (Å²) in [5.74, 6) is 2.82. The molecule has 1 atom stereocenters. The van der Waals surface area contributed by atoms with E-state index in [2.05, 4.69) is 18.0 Å². The number of aryl methyl sites for hydroxylation is 2. The van der Waals surface area contributed by atoms with Gasteiger partial charge in [0, 0.05) is 24.6 Å². The molecule has 20 heavy (non-hydrogen) atoms. The Bertz CT molecular complexity index is 389. The molecule has 0 aromatic heterocycles. The molecule has 0 amide bonds. The molecule has 0 aliphatic carbocycles. The molecule has 4 heteroatoms. The maximum Gasteiger partial charge on any atom is 0.119 e. The van der Waals surface area contributed by atoms with Crippen molar-refractivity contribution in [3.63, 3.8) is 0 Å². The van der Waals surface area contributed by atoms with Gasteiger partial charge in [-0.05, 0) is 37.1 Å².